The van der Waals surface area contributed by atoms with Crippen molar-refractivity contribution in [2.45, 2.75) is 38.3 Å². The van der Waals surface area contributed by atoms with E-state index in [-0.39, 0.29) is 18.1 Å². The molecule has 0 aromatic heterocycles. The zero-order chi connectivity index (χ0) is 18.4. The zero-order valence-corrected chi connectivity index (χ0v) is 15.9. The molecule has 1 aromatic carbocycles. The molecule has 1 aromatic rings. The van der Waals surface area contributed by atoms with Crippen LogP contribution < -0.4 is 9.47 Å². The Balaban J connectivity index is 1.49. The topological polar surface area (TPSA) is 51.2 Å². The number of carbonyl (C=O) groups excluding carboxylic acids is 1. The van der Waals surface area contributed by atoms with Gasteiger partial charge in [0.1, 0.15) is 17.6 Å². The fraction of sp³-hybridized carbons (Fsp3) is 0.650. The molecule has 2 aliphatic heterocycles. The predicted molar refractivity (Wildman–Crippen MR) is 99.7 cm³/mol. The third kappa shape index (κ3) is 4.68. The lowest BCUT2D eigenvalue weighted by Gasteiger charge is -2.38. The van der Waals surface area contributed by atoms with Crippen LogP contribution in [0.2, 0.25) is 0 Å². The largest absolute Gasteiger partial charge is 0.497 e. The van der Waals surface area contributed by atoms with Crippen molar-refractivity contribution in [2.24, 2.45) is 0 Å². The molecule has 3 rings (SSSR count). The van der Waals surface area contributed by atoms with Gasteiger partial charge in [-0.1, -0.05) is 6.92 Å². The van der Waals surface area contributed by atoms with E-state index in [1.54, 1.807) is 7.11 Å². The van der Waals surface area contributed by atoms with Crippen LogP contribution in [0.1, 0.15) is 26.2 Å². The van der Waals surface area contributed by atoms with Gasteiger partial charge in [0.25, 0.3) is 0 Å². The van der Waals surface area contributed by atoms with E-state index in [0.29, 0.717) is 0 Å². The van der Waals surface area contributed by atoms with Crippen molar-refractivity contribution in [1.29, 1.82) is 0 Å². The van der Waals surface area contributed by atoms with Gasteiger partial charge >= 0.3 is 0 Å². The van der Waals surface area contributed by atoms with E-state index in [2.05, 4.69) is 11.8 Å². The molecule has 0 aliphatic carbocycles. The van der Waals surface area contributed by atoms with E-state index in [4.69, 9.17) is 14.2 Å². The molecule has 0 radical (unpaired) electrons. The minimum atomic E-state index is -0.0158. The summed E-state index contributed by atoms with van der Waals surface area (Å²) in [6.45, 7) is 6.77. The van der Waals surface area contributed by atoms with Gasteiger partial charge in [-0.15, -0.1) is 0 Å². The maximum atomic E-state index is 13.0. The van der Waals surface area contributed by atoms with Crippen LogP contribution in [-0.2, 0) is 9.53 Å². The van der Waals surface area contributed by atoms with Gasteiger partial charge in [-0.25, -0.2) is 0 Å². The number of methoxy groups -OCH3 is 1. The number of ether oxygens (including phenoxy) is 3. The summed E-state index contributed by atoms with van der Waals surface area (Å²) in [5.41, 5.74) is 0. The van der Waals surface area contributed by atoms with Crippen LogP contribution in [0.3, 0.4) is 0 Å². The average molecular weight is 362 g/mol. The number of benzene rings is 1. The molecule has 1 atom stereocenters. The van der Waals surface area contributed by atoms with Gasteiger partial charge in [0, 0.05) is 39.0 Å². The number of amides is 1. The highest BCUT2D eigenvalue weighted by molar-refractivity contribution is 5.82. The van der Waals surface area contributed by atoms with Crippen molar-refractivity contribution in [3.8, 4) is 11.5 Å². The number of piperidine rings is 1. The fourth-order valence-corrected chi connectivity index (χ4v) is 3.73. The Morgan fingerprint density at radius 1 is 1.12 bits per heavy atom. The number of rotatable bonds is 6. The molecule has 0 bridgehead atoms. The molecule has 0 saturated carbocycles. The van der Waals surface area contributed by atoms with Crippen molar-refractivity contribution in [3.05, 3.63) is 24.3 Å². The standard InChI is InChI=1S/C20H30N2O4/c1-3-19(21-12-14-25-15-13-21)20(23)22-10-8-18(9-11-22)26-17-6-4-16(24-2)5-7-17/h4-7,18-19H,3,8-15H2,1-2H3/t19-/m0/s1. The van der Waals surface area contributed by atoms with Crippen molar-refractivity contribution < 1.29 is 19.0 Å². The summed E-state index contributed by atoms with van der Waals surface area (Å²) in [7, 11) is 1.66. The summed E-state index contributed by atoms with van der Waals surface area (Å²) in [5, 5.41) is 0. The molecule has 2 fully saturated rings. The Morgan fingerprint density at radius 3 is 2.31 bits per heavy atom. The van der Waals surface area contributed by atoms with Gasteiger partial charge in [0.2, 0.25) is 5.91 Å². The van der Waals surface area contributed by atoms with Crippen molar-refractivity contribution in [1.82, 2.24) is 9.80 Å². The Bertz CT molecular complexity index is 564. The van der Waals surface area contributed by atoms with Crippen LogP contribution in [-0.4, -0.2) is 74.4 Å². The normalized spacial score (nSPS) is 20.6. The molecular formula is C20H30N2O4. The Labute approximate surface area is 156 Å². The van der Waals surface area contributed by atoms with Crippen LogP contribution in [0.5, 0.6) is 11.5 Å². The van der Waals surface area contributed by atoms with Crippen molar-refractivity contribution >= 4 is 5.91 Å². The SMILES string of the molecule is CC[C@@H](C(=O)N1CCC(Oc2ccc(OC)cc2)CC1)N1CCOCC1. The van der Waals surface area contributed by atoms with Crippen LogP contribution in [0, 0.1) is 0 Å². The minimum Gasteiger partial charge on any atom is -0.497 e. The fourth-order valence-electron chi connectivity index (χ4n) is 3.73. The van der Waals surface area contributed by atoms with Crippen LogP contribution in [0.15, 0.2) is 24.3 Å². The first kappa shape index (κ1) is 19.0. The lowest BCUT2D eigenvalue weighted by atomic mass is 10.0. The van der Waals surface area contributed by atoms with Gasteiger partial charge < -0.3 is 19.1 Å². The lowest BCUT2D eigenvalue weighted by Crippen LogP contribution is -2.54. The van der Waals surface area contributed by atoms with Crippen LogP contribution in [0.4, 0.5) is 0 Å². The Morgan fingerprint density at radius 2 is 1.73 bits per heavy atom. The van der Waals surface area contributed by atoms with Crippen LogP contribution in [0.25, 0.3) is 0 Å². The molecule has 0 N–H and O–H groups in total. The minimum absolute atomic E-state index is 0.0158. The van der Waals surface area contributed by atoms with E-state index in [9.17, 15) is 4.79 Å². The van der Waals surface area contributed by atoms with Gasteiger partial charge in [-0.2, -0.15) is 0 Å². The monoisotopic (exact) mass is 362 g/mol. The van der Waals surface area contributed by atoms with Crippen molar-refractivity contribution in [2.75, 3.05) is 46.5 Å². The van der Waals surface area contributed by atoms with Crippen molar-refractivity contribution in [3.63, 3.8) is 0 Å². The molecule has 0 spiro atoms. The number of carbonyl (C=O) groups is 1. The maximum absolute atomic E-state index is 13.0. The Kier molecular flexibility index (Phi) is 6.74. The molecular weight excluding hydrogens is 332 g/mol. The molecule has 6 nitrogen and oxygen atoms in total. The highest BCUT2D eigenvalue weighted by Crippen LogP contribution is 2.23. The number of nitrogens with zero attached hydrogens (tertiary/aromatic N) is 2. The van der Waals surface area contributed by atoms with Gasteiger partial charge in [-0.05, 0) is 30.7 Å². The summed E-state index contributed by atoms with van der Waals surface area (Å²) < 4.78 is 16.7. The molecule has 2 aliphatic rings. The first-order valence-corrected chi connectivity index (χ1v) is 9.62. The average Bonchev–Trinajstić information content (AvgIpc) is 2.70. The molecule has 2 heterocycles. The van der Waals surface area contributed by atoms with Gasteiger partial charge in [-0.3, -0.25) is 9.69 Å². The molecule has 0 unspecified atom stereocenters. The maximum Gasteiger partial charge on any atom is 0.239 e. The second-order valence-corrected chi connectivity index (χ2v) is 6.89. The molecule has 26 heavy (non-hydrogen) atoms. The number of morpholine rings is 1. The van der Waals surface area contributed by atoms with E-state index < -0.39 is 0 Å². The highest BCUT2D eigenvalue weighted by atomic mass is 16.5. The number of likely N-dealkylation sites (tertiary alicyclic amines) is 1. The third-order valence-electron chi connectivity index (χ3n) is 5.27. The Hall–Kier alpha value is -1.79. The highest BCUT2D eigenvalue weighted by Gasteiger charge is 2.32. The first-order chi connectivity index (χ1) is 12.7. The summed E-state index contributed by atoms with van der Waals surface area (Å²) in [5.74, 6) is 1.94. The van der Waals surface area contributed by atoms with E-state index in [0.717, 1.165) is 70.2 Å². The smallest absolute Gasteiger partial charge is 0.239 e. The second kappa shape index (κ2) is 9.24. The van der Waals surface area contributed by atoms with E-state index >= 15 is 0 Å². The third-order valence-corrected chi connectivity index (χ3v) is 5.27. The second-order valence-electron chi connectivity index (χ2n) is 6.89. The molecule has 1 amide bonds. The summed E-state index contributed by atoms with van der Waals surface area (Å²) >= 11 is 0. The predicted octanol–water partition coefficient (Wildman–Crippen LogP) is 2.18. The summed E-state index contributed by atoms with van der Waals surface area (Å²) in [6.07, 6.45) is 2.76. The summed E-state index contributed by atoms with van der Waals surface area (Å²) in [4.78, 5) is 17.2. The molecule has 2 saturated heterocycles. The lowest BCUT2D eigenvalue weighted by molar-refractivity contribution is -0.140. The number of hydrogen-bond donors (Lipinski definition) is 0. The van der Waals surface area contributed by atoms with Gasteiger partial charge in [0.15, 0.2) is 0 Å². The summed E-state index contributed by atoms with van der Waals surface area (Å²) in [6, 6.07) is 7.66. The molecule has 6 heteroatoms. The van der Waals surface area contributed by atoms with Gasteiger partial charge in [0.05, 0.1) is 26.4 Å². The zero-order valence-electron chi connectivity index (χ0n) is 15.9. The van der Waals surface area contributed by atoms with E-state index in [1.165, 1.54) is 0 Å². The molecule has 144 valence electrons. The number of hydrogen-bond acceptors (Lipinski definition) is 5. The van der Waals surface area contributed by atoms with Crippen LogP contribution >= 0.6 is 0 Å². The quantitative estimate of drug-likeness (QED) is 0.776. The first-order valence-electron chi connectivity index (χ1n) is 9.62. The van der Waals surface area contributed by atoms with E-state index in [1.807, 2.05) is 29.2 Å².